The molecule has 0 spiro atoms. The fourth-order valence-electron chi connectivity index (χ4n) is 2.59. The topological polar surface area (TPSA) is 70.7 Å². The zero-order valence-corrected chi connectivity index (χ0v) is 12.3. The Morgan fingerprint density at radius 3 is 3.15 bits per heavy atom. The van der Waals surface area contributed by atoms with Gasteiger partial charge in [-0.25, -0.2) is 4.98 Å². The average molecular weight is 294 g/mol. The molecule has 1 unspecified atom stereocenters. The number of aromatic nitrogens is 3. The molecule has 20 heavy (non-hydrogen) atoms. The van der Waals surface area contributed by atoms with E-state index in [1.807, 2.05) is 6.92 Å². The SMILES string of the molecule is CC1(O)CCCN(Cc2cc(=O)n3ncsc3n2)CC1. The summed E-state index contributed by atoms with van der Waals surface area (Å²) in [6.45, 7) is 4.31. The molecule has 6 nitrogen and oxygen atoms in total. The lowest BCUT2D eigenvalue weighted by Gasteiger charge is -2.22. The molecule has 0 radical (unpaired) electrons. The largest absolute Gasteiger partial charge is 0.390 e. The summed E-state index contributed by atoms with van der Waals surface area (Å²) < 4.78 is 1.32. The van der Waals surface area contributed by atoms with E-state index in [0.29, 0.717) is 11.5 Å². The molecule has 1 fully saturated rings. The smallest absolute Gasteiger partial charge is 0.275 e. The van der Waals surface area contributed by atoms with Gasteiger partial charge in [-0.05, 0) is 32.7 Å². The van der Waals surface area contributed by atoms with Crippen LogP contribution in [0, 0.1) is 0 Å². The fourth-order valence-corrected chi connectivity index (χ4v) is 3.23. The van der Waals surface area contributed by atoms with Gasteiger partial charge in [-0.1, -0.05) is 11.3 Å². The molecule has 0 saturated carbocycles. The molecule has 7 heteroatoms. The molecular formula is C13H18N4O2S. The number of aliphatic hydroxyl groups is 1. The highest BCUT2D eigenvalue weighted by atomic mass is 32.1. The zero-order chi connectivity index (χ0) is 14.2. The van der Waals surface area contributed by atoms with Crippen LogP contribution in [-0.4, -0.2) is 43.3 Å². The van der Waals surface area contributed by atoms with Gasteiger partial charge in [0, 0.05) is 19.2 Å². The van der Waals surface area contributed by atoms with Crippen molar-refractivity contribution in [3.8, 4) is 0 Å². The van der Waals surface area contributed by atoms with Gasteiger partial charge in [-0.15, -0.1) is 0 Å². The standard InChI is InChI=1S/C13H18N4O2S/c1-13(19)3-2-5-16(6-4-13)8-10-7-11(18)17-12(15-10)20-9-14-17/h7,9,19H,2-6,8H2,1H3. The van der Waals surface area contributed by atoms with Crippen LogP contribution in [0.4, 0.5) is 0 Å². The summed E-state index contributed by atoms with van der Waals surface area (Å²) in [5.41, 5.74) is 1.70. The quantitative estimate of drug-likeness (QED) is 0.890. The summed E-state index contributed by atoms with van der Waals surface area (Å²) in [6.07, 6.45) is 2.55. The maximum Gasteiger partial charge on any atom is 0.275 e. The Bertz CT molecular complexity index is 664. The van der Waals surface area contributed by atoms with Crippen molar-refractivity contribution >= 4 is 16.3 Å². The first kappa shape index (κ1) is 13.7. The van der Waals surface area contributed by atoms with E-state index < -0.39 is 5.60 Å². The van der Waals surface area contributed by atoms with Gasteiger partial charge in [-0.3, -0.25) is 9.69 Å². The van der Waals surface area contributed by atoms with Crippen LogP contribution in [0.1, 0.15) is 31.9 Å². The van der Waals surface area contributed by atoms with Gasteiger partial charge in [0.1, 0.15) is 5.51 Å². The molecule has 0 aliphatic carbocycles. The van der Waals surface area contributed by atoms with Gasteiger partial charge in [0.15, 0.2) is 0 Å². The van der Waals surface area contributed by atoms with Gasteiger partial charge >= 0.3 is 0 Å². The number of fused-ring (bicyclic) bond motifs is 1. The number of rotatable bonds is 2. The van der Waals surface area contributed by atoms with Crippen LogP contribution < -0.4 is 5.56 Å². The second kappa shape index (κ2) is 5.23. The Kier molecular flexibility index (Phi) is 3.57. The third kappa shape index (κ3) is 2.89. The van der Waals surface area contributed by atoms with Crippen molar-refractivity contribution in [3.63, 3.8) is 0 Å². The van der Waals surface area contributed by atoms with Crippen molar-refractivity contribution in [2.75, 3.05) is 13.1 Å². The molecule has 1 N–H and O–H groups in total. The Balaban J connectivity index is 1.77. The molecule has 2 aromatic rings. The van der Waals surface area contributed by atoms with Crippen molar-refractivity contribution in [1.82, 2.24) is 19.5 Å². The maximum absolute atomic E-state index is 11.9. The summed E-state index contributed by atoms with van der Waals surface area (Å²) in [5.74, 6) is 0. The summed E-state index contributed by atoms with van der Waals surface area (Å²) in [5, 5.41) is 14.0. The molecule has 0 bridgehead atoms. The molecule has 1 aliphatic heterocycles. The highest BCUT2D eigenvalue weighted by molar-refractivity contribution is 7.14. The molecule has 0 amide bonds. The summed E-state index contributed by atoms with van der Waals surface area (Å²) in [6, 6.07) is 1.55. The molecule has 3 heterocycles. The Morgan fingerprint density at radius 1 is 1.45 bits per heavy atom. The highest BCUT2D eigenvalue weighted by Crippen LogP contribution is 2.22. The molecule has 108 valence electrons. The normalized spacial score (nSPS) is 24.9. The second-order valence-electron chi connectivity index (χ2n) is 5.65. The van der Waals surface area contributed by atoms with Crippen LogP contribution in [-0.2, 0) is 6.54 Å². The average Bonchev–Trinajstić information content (AvgIpc) is 2.78. The lowest BCUT2D eigenvalue weighted by atomic mass is 9.98. The molecular weight excluding hydrogens is 276 g/mol. The molecule has 3 rings (SSSR count). The van der Waals surface area contributed by atoms with E-state index in [0.717, 1.165) is 38.0 Å². The van der Waals surface area contributed by atoms with Crippen LogP contribution in [0.5, 0.6) is 0 Å². The number of hydrogen-bond acceptors (Lipinski definition) is 6. The maximum atomic E-state index is 11.9. The highest BCUT2D eigenvalue weighted by Gasteiger charge is 2.25. The predicted molar refractivity (Wildman–Crippen MR) is 76.9 cm³/mol. The van der Waals surface area contributed by atoms with Crippen molar-refractivity contribution in [2.45, 2.75) is 38.3 Å². The first-order valence-electron chi connectivity index (χ1n) is 6.81. The summed E-state index contributed by atoms with van der Waals surface area (Å²) in [7, 11) is 0. The van der Waals surface area contributed by atoms with Gasteiger partial charge in [0.2, 0.25) is 4.96 Å². The van der Waals surface area contributed by atoms with Crippen LogP contribution >= 0.6 is 11.3 Å². The summed E-state index contributed by atoms with van der Waals surface area (Å²) >= 11 is 1.36. The van der Waals surface area contributed by atoms with Crippen LogP contribution in [0.3, 0.4) is 0 Å². The van der Waals surface area contributed by atoms with Crippen LogP contribution in [0.15, 0.2) is 16.4 Å². The van der Waals surface area contributed by atoms with Gasteiger partial charge in [-0.2, -0.15) is 9.61 Å². The minimum atomic E-state index is -0.566. The number of likely N-dealkylation sites (tertiary alicyclic amines) is 1. The van der Waals surface area contributed by atoms with Crippen molar-refractivity contribution in [2.24, 2.45) is 0 Å². The van der Waals surface area contributed by atoms with E-state index in [2.05, 4.69) is 15.0 Å². The fraction of sp³-hybridized carbons (Fsp3) is 0.615. The van der Waals surface area contributed by atoms with Gasteiger partial charge in [0.25, 0.3) is 5.56 Å². The Labute approximate surface area is 120 Å². The molecule has 1 saturated heterocycles. The van der Waals surface area contributed by atoms with E-state index in [4.69, 9.17) is 0 Å². The van der Waals surface area contributed by atoms with Crippen LogP contribution in [0.25, 0.3) is 4.96 Å². The van der Waals surface area contributed by atoms with Crippen molar-refractivity contribution in [1.29, 1.82) is 0 Å². The van der Waals surface area contributed by atoms with Crippen LogP contribution in [0.2, 0.25) is 0 Å². The Morgan fingerprint density at radius 2 is 2.30 bits per heavy atom. The van der Waals surface area contributed by atoms with Crippen molar-refractivity contribution in [3.05, 3.63) is 27.6 Å². The minimum Gasteiger partial charge on any atom is -0.390 e. The van der Waals surface area contributed by atoms with Gasteiger partial charge in [0.05, 0.1) is 11.3 Å². The molecule has 0 aromatic carbocycles. The van der Waals surface area contributed by atoms with E-state index in [1.54, 1.807) is 11.6 Å². The third-order valence-electron chi connectivity index (χ3n) is 3.78. The number of nitrogens with zero attached hydrogens (tertiary/aromatic N) is 4. The van der Waals surface area contributed by atoms with E-state index in [-0.39, 0.29) is 5.56 Å². The van der Waals surface area contributed by atoms with Crippen molar-refractivity contribution < 1.29 is 5.11 Å². The van der Waals surface area contributed by atoms with Gasteiger partial charge < -0.3 is 5.11 Å². The van der Waals surface area contributed by atoms with E-state index in [1.165, 1.54) is 15.9 Å². The monoisotopic (exact) mass is 294 g/mol. The first-order valence-corrected chi connectivity index (χ1v) is 7.69. The second-order valence-corrected chi connectivity index (χ2v) is 6.46. The van der Waals surface area contributed by atoms with E-state index in [9.17, 15) is 9.90 Å². The van der Waals surface area contributed by atoms with E-state index >= 15 is 0 Å². The predicted octanol–water partition coefficient (Wildman–Crippen LogP) is 0.888. The molecule has 1 aliphatic rings. The first-order chi connectivity index (χ1) is 9.53. The number of hydrogen-bond donors (Lipinski definition) is 1. The molecule has 1 atom stereocenters. The lowest BCUT2D eigenvalue weighted by molar-refractivity contribution is 0.0444. The lowest BCUT2D eigenvalue weighted by Crippen LogP contribution is -2.29. The summed E-state index contributed by atoms with van der Waals surface area (Å²) in [4.78, 5) is 19.2. The minimum absolute atomic E-state index is 0.131. The zero-order valence-electron chi connectivity index (χ0n) is 11.4. The Hall–Kier alpha value is -1.31. The molecule has 2 aromatic heterocycles. The third-order valence-corrected chi connectivity index (χ3v) is 4.46.